The number of morpholine rings is 1. The zero-order valence-corrected chi connectivity index (χ0v) is 13.4. The fourth-order valence-electron chi connectivity index (χ4n) is 2.80. The first-order chi connectivity index (χ1) is 11.7. The average molecular weight is 332 g/mol. The van der Waals surface area contributed by atoms with E-state index in [1.165, 1.54) is 9.80 Å². The van der Waals surface area contributed by atoms with Crippen LogP contribution in [0.3, 0.4) is 0 Å². The van der Waals surface area contributed by atoms with Crippen LogP contribution in [0.15, 0.2) is 24.4 Å². The molecule has 0 spiro atoms. The number of amides is 3. The van der Waals surface area contributed by atoms with Crippen molar-refractivity contribution in [1.29, 1.82) is 0 Å². The van der Waals surface area contributed by atoms with Gasteiger partial charge in [0.05, 0.1) is 13.2 Å². The molecule has 0 saturated carbocycles. The van der Waals surface area contributed by atoms with Gasteiger partial charge >= 0.3 is 11.8 Å². The second-order valence-corrected chi connectivity index (χ2v) is 5.70. The van der Waals surface area contributed by atoms with E-state index in [4.69, 9.17) is 4.74 Å². The molecular weight excluding hydrogens is 312 g/mol. The summed E-state index contributed by atoms with van der Waals surface area (Å²) in [4.78, 5) is 45.6. The minimum Gasteiger partial charge on any atom is -0.378 e. The van der Waals surface area contributed by atoms with Gasteiger partial charge in [0.1, 0.15) is 5.69 Å². The van der Waals surface area contributed by atoms with E-state index < -0.39 is 11.8 Å². The zero-order chi connectivity index (χ0) is 16.9. The Morgan fingerprint density at radius 3 is 2.00 bits per heavy atom. The maximum absolute atomic E-state index is 12.3. The molecule has 0 radical (unpaired) electrons. The second-order valence-electron chi connectivity index (χ2n) is 5.70. The number of hydrogen-bond acceptors (Lipinski definition) is 5. The summed E-state index contributed by atoms with van der Waals surface area (Å²) in [5, 5.41) is 0. The van der Waals surface area contributed by atoms with Crippen molar-refractivity contribution in [3.05, 3.63) is 30.1 Å². The van der Waals surface area contributed by atoms with Crippen molar-refractivity contribution in [2.45, 2.75) is 0 Å². The Labute approximate surface area is 140 Å². The standard InChI is InChI=1S/C16H20N4O4/c21-14(13-3-1-2-4-17-13)18-5-7-19(8-6-18)15(22)16(23)20-9-11-24-12-10-20/h1-4H,5-12H2. The first-order valence-electron chi connectivity index (χ1n) is 8.03. The molecule has 0 unspecified atom stereocenters. The van der Waals surface area contributed by atoms with Crippen LogP contribution in [0.2, 0.25) is 0 Å². The van der Waals surface area contributed by atoms with Gasteiger partial charge in [-0.15, -0.1) is 0 Å². The van der Waals surface area contributed by atoms with E-state index >= 15 is 0 Å². The number of ether oxygens (including phenoxy) is 1. The Morgan fingerprint density at radius 2 is 1.42 bits per heavy atom. The maximum atomic E-state index is 12.3. The van der Waals surface area contributed by atoms with Gasteiger partial charge in [0, 0.05) is 45.5 Å². The summed E-state index contributed by atoms with van der Waals surface area (Å²) in [6.45, 7) is 3.33. The maximum Gasteiger partial charge on any atom is 0.312 e. The predicted octanol–water partition coefficient (Wildman–Crippen LogP) is -0.775. The highest BCUT2D eigenvalue weighted by Crippen LogP contribution is 2.09. The number of rotatable bonds is 1. The van der Waals surface area contributed by atoms with Crippen LogP contribution >= 0.6 is 0 Å². The smallest absolute Gasteiger partial charge is 0.312 e. The highest BCUT2D eigenvalue weighted by atomic mass is 16.5. The molecule has 24 heavy (non-hydrogen) atoms. The molecule has 8 heteroatoms. The van der Waals surface area contributed by atoms with Crippen molar-refractivity contribution in [3.63, 3.8) is 0 Å². The molecule has 128 valence electrons. The Balaban J connectivity index is 1.53. The first kappa shape index (κ1) is 16.4. The van der Waals surface area contributed by atoms with Crippen molar-refractivity contribution in [1.82, 2.24) is 19.7 Å². The van der Waals surface area contributed by atoms with Gasteiger partial charge in [-0.05, 0) is 12.1 Å². The van der Waals surface area contributed by atoms with Crippen LogP contribution in [0.4, 0.5) is 0 Å². The first-order valence-corrected chi connectivity index (χ1v) is 8.03. The number of nitrogens with zero attached hydrogens (tertiary/aromatic N) is 4. The molecule has 3 amide bonds. The van der Waals surface area contributed by atoms with Gasteiger partial charge in [0.2, 0.25) is 0 Å². The molecule has 2 fully saturated rings. The SMILES string of the molecule is O=C(C(=O)N1CCN(C(=O)c2ccccn2)CC1)N1CCOCC1. The molecule has 3 rings (SSSR count). The third kappa shape index (κ3) is 3.53. The minimum absolute atomic E-state index is 0.151. The van der Waals surface area contributed by atoms with Gasteiger partial charge in [-0.2, -0.15) is 0 Å². The highest BCUT2D eigenvalue weighted by Gasteiger charge is 2.31. The van der Waals surface area contributed by atoms with Crippen molar-refractivity contribution in [2.75, 3.05) is 52.5 Å². The molecule has 0 bridgehead atoms. The lowest BCUT2D eigenvalue weighted by Crippen LogP contribution is -2.55. The summed E-state index contributed by atoms with van der Waals surface area (Å²) in [5.74, 6) is -1.13. The number of hydrogen-bond donors (Lipinski definition) is 0. The Bertz CT molecular complexity index is 608. The van der Waals surface area contributed by atoms with E-state index in [2.05, 4.69) is 4.98 Å². The summed E-state index contributed by atoms with van der Waals surface area (Å²) < 4.78 is 5.19. The summed E-state index contributed by atoms with van der Waals surface area (Å²) in [6.07, 6.45) is 1.58. The van der Waals surface area contributed by atoms with Crippen LogP contribution in [0.5, 0.6) is 0 Å². The Kier molecular flexibility index (Phi) is 5.05. The average Bonchev–Trinajstić information content (AvgIpc) is 2.68. The molecule has 0 aromatic carbocycles. The number of pyridine rings is 1. The number of piperazine rings is 1. The van der Waals surface area contributed by atoms with Crippen LogP contribution in [-0.4, -0.2) is 89.9 Å². The van der Waals surface area contributed by atoms with Gasteiger partial charge in [-0.1, -0.05) is 6.07 Å². The molecule has 3 heterocycles. The highest BCUT2D eigenvalue weighted by molar-refractivity contribution is 6.34. The summed E-state index contributed by atoms with van der Waals surface area (Å²) in [5.41, 5.74) is 0.390. The van der Waals surface area contributed by atoms with Gasteiger partial charge in [-0.25, -0.2) is 0 Å². The van der Waals surface area contributed by atoms with Gasteiger partial charge in [-0.3, -0.25) is 19.4 Å². The molecule has 2 saturated heterocycles. The third-order valence-electron chi connectivity index (χ3n) is 4.22. The molecule has 0 atom stereocenters. The van der Waals surface area contributed by atoms with Crippen LogP contribution in [0.1, 0.15) is 10.5 Å². The summed E-state index contributed by atoms with van der Waals surface area (Å²) in [6, 6.07) is 5.19. The van der Waals surface area contributed by atoms with E-state index in [-0.39, 0.29) is 5.91 Å². The predicted molar refractivity (Wildman–Crippen MR) is 84.1 cm³/mol. The Hall–Kier alpha value is -2.48. The van der Waals surface area contributed by atoms with E-state index in [1.807, 2.05) is 0 Å². The topological polar surface area (TPSA) is 83.1 Å². The molecule has 1 aromatic heterocycles. The van der Waals surface area contributed by atoms with Gasteiger partial charge in [0.25, 0.3) is 5.91 Å². The minimum atomic E-state index is -0.498. The van der Waals surface area contributed by atoms with Gasteiger partial charge < -0.3 is 19.4 Å². The molecule has 8 nitrogen and oxygen atoms in total. The van der Waals surface area contributed by atoms with Crippen LogP contribution in [0.25, 0.3) is 0 Å². The fraction of sp³-hybridized carbons (Fsp3) is 0.500. The molecule has 0 N–H and O–H groups in total. The number of carbonyl (C=O) groups excluding carboxylic acids is 3. The van der Waals surface area contributed by atoms with Crippen molar-refractivity contribution < 1.29 is 19.1 Å². The van der Waals surface area contributed by atoms with Crippen molar-refractivity contribution >= 4 is 17.7 Å². The Morgan fingerprint density at radius 1 is 0.833 bits per heavy atom. The molecule has 1 aromatic rings. The van der Waals surface area contributed by atoms with Crippen LogP contribution in [-0.2, 0) is 14.3 Å². The molecular formula is C16H20N4O4. The number of aromatic nitrogens is 1. The lowest BCUT2D eigenvalue weighted by molar-refractivity contribution is -0.154. The number of carbonyl (C=O) groups is 3. The summed E-state index contributed by atoms with van der Waals surface area (Å²) >= 11 is 0. The second kappa shape index (κ2) is 7.39. The lowest BCUT2D eigenvalue weighted by Gasteiger charge is -2.35. The van der Waals surface area contributed by atoms with Crippen LogP contribution < -0.4 is 0 Å². The van der Waals surface area contributed by atoms with Crippen molar-refractivity contribution in [3.8, 4) is 0 Å². The van der Waals surface area contributed by atoms with E-state index in [0.717, 1.165) is 0 Å². The third-order valence-corrected chi connectivity index (χ3v) is 4.22. The normalized spacial score (nSPS) is 18.4. The molecule has 2 aliphatic heterocycles. The van der Waals surface area contributed by atoms with E-state index in [0.29, 0.717) is 58.2 Å². The van der Waals surface area contributed by atoms with E-state index in [9.17, 15) is 14.4 Å². The summed E-state index contributed by atoms with van der Waals surface area (Å²) in [7, 11) is 0. The lowest BCUT2D eigenvalue weighted by atomic mass is 10.2. The largest absolute Gasteiger partial charge is 0.378 e. The fourth-order valence-corrected chi connectivity index (χ4v) is 2.80. The zero-order valence-electron chi connectivity index (χ0n) is 13.4. The quantitative estimate of drug-likeness (QED) is 0.631. The van der Waals surface area contributed by atoms with Crippen LogP contribution in [0, 0.1) is 0 Å². The van der Waals surface area contributed by atoms with E-state index in [1.54, 1.807) is 29.3 Å². The van der Waals surface area contributed by atoms with Crippen molar-refractivity contribution in [2.24, 2.45) is 0 Å². The molecule has 2 aliphatic rings. The molecule has 0 aliphatic carbocycles. The van der Waals surface area contributed by atoms with Gasteiger partial charge in [0.15, 0.2) is 0 Å². The monoisotopic (exact) mass is 332 g/mol.